The van der Waals surface area contributed by atoms with E-state index < -0.39 is 0 Å². The largest absolute Gasteiger partial charge is 0.504 e. The lowest BCUT2D eigenvalue weighted by Gasteiger charge is -2.31. The number of ether oxygens (including phenoxy) is 1. The molecule has 1 aromatic rings. The van der Waals surface area contributed by atoms with Crippen LogP contribution in [0.1, 0.15) is 44.6 Å². The number of aromatic hydroxyl groups is 1. The first-order valence-corrected chi connectivity index (χ1v) is 7.33. The van der Waals surface area contributed by atoms with Crippen molar-refractivity contribution in [2.45, 2.75) is 51.6 Å². The third-order valence-corrected chi connectivity index (χ3v) is 4.25. The minimum Gasteiger partial charge on any atom is -0.504 e. The summed E-state index contributed by atoms with van der Waals surface area (Å²) in [6.45, 7) is 3.13. The standard InChI is InChI=1S/C16H25NO2/c1-3-13-6-4-5-7-14(13)17-11-12-8-9-15(18)16(10-12)19-2/h8-10,13-14,17-18H,3-7,11H2,1-2H3. The minimum atomic E-state index is 0.204. The summed E-state index contributed by atoms with van der Waals surface area (Å²) in [5.41, 5.74) is 1.16. The number of hydrogen-bond acceptors (Lipinski definition) is 3. The molecule has 1 aliphatic rings. The van der Waals surface area contributed by atoms with E-state index >= 15 is 0 Å². The van der Waals surface area contributed by atoms with Crippen molar-refractivity contribution in [1.82, 2.24) is 5.32 Å². The molecule has 19 heavy (non-hydrogen) atoms. The van der Waals surface area contributed by atoms with E-state index in [1.54, 1.807) is 13.2 Å². The van der Waals surface area contributed by atoms with Crippen molar-refractivity contribution >= 4 is 0 Å². The molecule has 0 aliphatic heterocycles. The topological polar surface area (TPSA) is 41.5 Å². The Morgan fingerprint density at radius 1 is 1.32 bits per heavy atom. The highest BCUT2D eigenvalue weighted by Gasteiger charge is 2.22. The van der Waals surface area contributed by atoms with Crippen LogP contribution in [0.4, 0.5) is 0 Å². The van der Waals surface area contributed by atoms with Gasteiger partial charge in [-0.2, -0.15) is 0 Å². The Balaban J connectivity index is 1.94. The van der Waals surface area contributed by atoms with Gasteiger partial charge in [-0.1, -0.05) is 32.3 Å². The third kappa shape index (κ3) is 3.63. The van der Waals surface area contributed by atoms with Gasteiger partial charge in [-0.15, -0.1) is 0 Å². The van der Waals surface area contributed by atoms with E-state index in [0.717, 1.165) is 18.0 Å². The molecule has 0 saturated heterocycles. The molecule has 2 rings (SSSR count). The zero-order valence-electron chi connectivity index (χ0n) is 12.0. The molecule has 0 radical (unpaired) electrons. The number of hydrogen-bond donors (Lipinski definition) is 2. The number of rotatable bonds is 5. The van der Waals surface area contributed by atoms with Crippen molar-refractivity contribution in [3.05, 3.63) is 23.8 Å². The van der Waals surface area contributed by atoms with Crippen molar-refractivity contribution in [1.29, 1.82) is 0 Å². The van der Waals surface area contributed by atoms with E-state index in [1.165, 1.54) is 32.1 Å². The van der Waals surface area contributed by atoms with Crippen molar-refractivity contribution in [3.63, 3.8) is 0 Å². The minimum absolute atomic E-state index is 0.204. The van der Waals surface area contributed by atoms with Crippen LogP contribution in [0.15, 0.2) is 18.2 Å². The quantitative estimate of drug-likeness (QED) is 0.855. The smallest absolute Gasteiger partial charge is 0.160 e. The van der Waals surface area contributed by atoms with Gasteiger partial charge in [0.2, 0.25) is 0 Å². The van der Waals surface area contributed by atoms with E-state index in [9.17, 15) is 5.11 Å². The van der Waals surface area contributed by atoms with Gasteiger partial charge in [-0.3, -0.25) is 0 Å². The Bertz CT molecular complexity index is 406. The van der Waals surface area contributed by atoms with Gasteiger partial charge in [0.1, 0.15) is 0 Å². The average molecular weight is 263 g/mol. The fraction of sp³-hybridized carbons (Fsp3) is 0.625. The molecule has 1 fully saturated rings. The lowest BCUT2D eigenvalue weighted by atomic mass is 9.83. The molecule has 2 N–H and O–H groups in total. The first kappa shape index (κ1) is 14.2. The molecule has 3 heteroatoms. The van der Waals surface area contributed by atoms with Gasteiger partial charge in [-0.25, -0.2) is 0 Å². The Morgan fingerprint density at radius 3 is 2.84 bits per heavy atom. The van der Waals surface area contributed by atoms with Gasteiger partial charge in [0.05, 0.1) is 7.11 Å². The number of benzene rings is 1. The lowest BCUT2D eigenvalue weighted by Crippen LogP contribution is -2.37. The highest BCUT2D eigenvalue weighted by molar-refractivity contribution is 5.41. The second kappa shape index (κ2) is 6.80. The van der Waals surface area contributed by atoms with Crippen LogP contribution < -0.4 is 10.1 Å². The Morgan fingerprint density at radius 2 is 2.11 bits per heavy atom. The molecule has 0 bridgehead atoms. The van der Waals surface area contributed by atoms with E-state index in [1.807, 2.05) is 12.1 Å². The SMILES string of the molecule is CCC1CCCCC1NCc1ccc(O)c(OC)c1. The van der Waals surface area contributed by atoms with Crippen LogP contribution in [-0.2, 0) is 6.54 Å². The average Bonchev–Trinajstić information content (AvgIpc) is 2.46. The molecule has 0 spiro atoms. The van der Waals surface area contributed by atoms with Gasteiger partial charge in [0.25, 0.3) is 0 Å². The fourth-order valence-corrected chi connectivity index (χ4v) is 3.05. The fourth-order valence-electron chi connectivity index (χ4n) is 3.05. The molecule has 1 aliphatic carbocycles. The van der Waals surface area contributed by atoms with E-state index in [4.69, 9.17) is 4.74 Å². The first-order valence-electron chi connectivity index (χ1n) is 7.33. The molecule has 1 aromatic carbocycles. The van der Waals surface area contributed by atoms with Gasteiger partial charge in [0.15, 0.2) is 11.5 Å². The summed E-state index contributed by atoms with van der Waals surface area (Å²) in [7, 11) is 1.58. The van der Waals surface area contributed by atoms with Crippen molar-refractivity contribution in [3.8, 4) is 11.5 Å². The van der Waals surface area contributed by atoms with Crippen molar-refractivity contribution in [2.75, 3.05) is 7.11 Å². The van der Waals surface area contributed by atoms with Crippen molar-refractivity contribution < 1.29 is 9.84 Å². The summed E-state index contributed by atoms with van der Waals surface area (Å²) in [5.74, 6) is 1.57. The van der Waals surface area contributed by atoms with Crippen LogP contribution in [0.5, 0.6) is 11.5 Å². The highest BCUT2D eigenvalue weighted by Crippen LogP contribution is 2.28. The van der Waals surface area contributed by atoms with Crippen LogP contribution in [0.2, 0.25) is 0 Å². The second-order valence-corrected chi connectivity index (χ2v) is 5.45. The molecule has 0 heterocycles. The van der Waals surface area contributed by atoms with Crippen LogP contribution in [0.25, 0.3) is 0 Å². The predicted octanol–water partition coefficient (Wildman–Crippen LogP) is 3.46. The zero-order chi connectivity index (χ0) is 13.7. The molecule has 3 nitrogen and oxygen atoms in total. The predicted molar refractivity (Wildman–Crippen MR) is 77.5 cm³/mol. The zero-order valence-corrected chi connectivity index (χ0v) is 12.0. The summed E-state index contributed by atoms with van der Waals surface area (Å²) in [4.78, 5) is 0. The molecule has 2 atom stereocenters. The Kier molecular flexibility index (Phi) is 5.08. The summed E-state index contributed by atoms with van der Waals surface area (Å²) >= 11 is 0. The van der Waals surface area contributed by atoms with E-state index in [2.05, 4.69) is 12.2 Å². The summed E-state index contributed by atoms with van der Waals surface area (Å²) in [6.07, 6.45) is 6.62. The monoisotopic (exact) mass is 263 g/mol. The third-order valence-electron chi connectivity index (χ3n) is 4.25. The number of phenols is 1. The molecule has 2 unspecified atom stereocenters. The van der Waals surface area contributed by atoms with Gasteiger partial charge >= 0.3 is 0 Å². The van der Waals surface area contributed by atoms with E-state index in [-0.39, 0.29) is 5.75 Å². The molecular weight excluding hydrogens is 238 g/mol. The molecule has 0 amide bonds. The molecular formula is C16H25NO2. The first-order chi connectivity index (χ1) is 9.24. The van der Waals surface area contributed by atoms with Crippen LogP contribution in [0, 0.1) is 5.92 Å². The molecule has 106 valence electrons. The number of methoxy groups -OCH3 is 1. The van der Waals surface area contributed by atoms with Gasteiger partial charge in [0, 0.05) is 12.6 Å². The lowest BCUT2D eigenvalue weighted by molar-refractivity contribution is 0.254. The highest BCUT2D eigenvalue weighted by atomic mass is 16.5. The second-order valence-electron chi connectivity index (χ2n) is 5.45. The van der Waals surface area contributed by atoms with Crippen LogP contribution >= 0.6 is 0 Å². The van der Waals surface area contributed by atoms with Gasteiger partial charge in [-0.05, 0) is 36.5 Å². The Hall–Kier alpha value is -1.22. The summed E-state index contributed by atoms with van der Waals surface area (Å²) in [6, 6.07) is 6.20. The van der Waals surface area contributed by atoms with E-state index in [0.29, 0.717) is 11.8 Å². The van der Waals surface area contributed by atoms with Crippen molar-refractivity contribution in [2.24, 2.45) is 5.92 Å². The number of phenolic OH excluding ortho intramolecular Hbond substituents is 1. The maximum absolute atomic E-state index is 9.59. The van der Waals surface area contributed by atoms with Gasteiger partial charge < -0.3 is 15.2 Å². The molecule has 1 saturated carbocycles. The van der Waals surface area contributed by atoms with Crippen LogP contribution in [0.3, 0.4) is 0 Å². The number of nitrogens with one attached hydrogen (secondary N) is 1. The van der Waals surface area contributed by atoms with Crippen LogP contribution in [-0.4, -0.2) is 18.3 Å². The maximum Gasteiger partial charge on any atom is 0.160 e. The summed E-state index contributed by atoms with van der Waals surface area (Å²) < 4.78 is 5.14. The maximum atomic E-state index is 9.59. The Labute approximate surface area is 116 Å². The normalized spacial score (nSPS) is 23.3. The summed E-state index contributed by atoms with van der Waals surface area (Å²) in [5, 5.41) is 13.3. The molecule has 0 aromatic heterocycles.